The molecular formula is C36H66HgO4. The summed E-state index contributed by atoms with van der Waals surface area (Å²) >= 11 is 0. The van der Waals surface area contributed by atoms with Gasteiger partial charge in [-0.2, -0.15) is 0 Å². The van der Waals surface area contributed by atoms with Crippen molar-refractivity contribution in [1.29, 1.82) is 0 Å². The molecule has 5 heteroatoms. The van der Waals surface area contributed by atoms with Gasteiger partial charge in [0.2, 0.25) is 0 Å². The summed E-state index contributed by atoms with van der Waals surface area (Å²) in [5, 5.41) is 20.4. The molecule has 0 amide bonds. The van der Waals surface area contributed by atoms with Crippen LogP contribution in [-0.4, -0.2) is 11.9 Å². The standard InChI is InChI=1S/2C18H34O2.Hg/c2*1-2-3-4-5-6-7-8-9-10-11-12-13-14-15-16-17-18(19)20;/h2*9-10H,2-8,11-17H2,1H3,(H,19,20);/q;;+2/p-2. The van der Waals surface area contributed by atoms with Gasteiger partial charge in [0.25, 0.3) is 0 Å². The summed E-state index contributed by atoms with van der Waals surface area (Å²) in [6, 6.07) is 0. The van der Waals surface area contributed by atoms with Crippen LogP contribution in [0.2, 0.25) is 0 Å². The van der Waals surface area contributed by atoms with Crippen LogP contribution in [0, 0.1) is 0 Å². The Morgan fingerprint density at radius 1 is 0.390 bits per heavy atom. The van der Waals surface area contributed by atoms with Gasteiger partial charge >= 0.3 is 27.7 Å². The van der Waals surface area contributed by atoms with Gasteiger partial charge in [0.05, 0.1) is 0 Å². The second-order valence-corrected chi connectivity index (χ2v) is 11.4. The van der Waals surface area contributed by atoms with E-state index >= 15 is 0 Å². The van der Waals surface area contributed by atoms with Gasteiger partial charge in [-0.25, -0.2) is 0 Å². The molecule has 0 aromatic carbocycles. The van der Waals surface area contributed by atoms with Crippen LogP contribution in [-0.2, 0) is 37.3 Å². The first-order valence-electron chi connectivity index (χ1n) is 17.2. The van der Waals surface area contributed by atoms with E-state index in [0.29, 0.717) is 0 Å². The van der Waals surface area contributed by atoms with E-state index in [4.69, 9.17) is 0 Å². The summed E-state index contributed by atoms with van der Waals surface area (Å²) in [4.78, 5) is 20.4. The van der Waals surface area contributed by atoms with Gasteiger partial charge in [-0.05, 0) is 77.0 Å². The minimum atomic E-state index is -0.914. The summed E-state index contributed by atoms with van der Waals surface area (Å²) in [7, 11) is 0. The number of carboxylic acid groups (broad SMARTS) is 2. The van der Waals surface area contributed by atoms with Gasteiger partial charge in [0.15, 0.2) is 0 Å². The van der Waals surface area contributed by atoms with E-state index in [2.05, 4.69) is 38.2 Å². The fourth-order valence-electron chi connectivity index (χ4n) is 4.68. The topological polar surface area (TPSA) is 80.3 Å². The first-order valence-corrected chi connectivity index (χ1v) is 17.2. The van der Waals surface area contributed by atoms with E-state index in [9.17, 15) is 19.8 Å². The molecule has 0 aliphatic carbocycles. The minimum absolute atomic E-state index is 0. The molecule has 0 heterocycles. The van der Waals surface area contributed by atoms with Gasteiger partial charge in [-0.3, -0.25) is 0 Å². The molecule has 0 N–H and O–H groups in total. The van der Waals surface area contributed by atoms with E-state index in [1.807, 2.05) is 0 Å². The third-order valence-corrected chi connectivity index (χ3v) is 7.29. The Morgan fingerprint density at radius 3 is 0.854 bits per heavy atom. The van der Waals surface area contributed by atoms with Crippen molar-refractivity contribution in [3.05, 3.63) is 24.3 Å². The van der Waals surface area contributed by atoms with Gasteiger partial charge in [0, 0.05) is 11.9 Å². The van der Waals surface area contributed by atoms with Crippen LogP contribution in [0.4, 0.5) is 0 Å². The molecule has 0 aromatic rings. The molecule has 0 saturated carbocycles. The normalized spacial score (nSPS) is 11.0. The monoisotopic (exact) mass is 764 g/mol. The largest absolute Gasteiger partial charge is 2.00 e. The van der Waals surface area contributed by atoms with E-state index < -0.39 is 11.9 Å². The van der Waals surface area contributed by atoms with Crippen LogP contribution in [0.15, 0.2) is 24.3 Å². The fourth-order valence-corrected chi connectivity index (χ4v) is 4.68. The molecule has 0 radical (unpaired) electrons. The minimum Gasteiger partial charge on any atom is -0.550 e. The van der Waals surface area contributed by atoms with Crippen molar-refractivity contribution in [2.24, 2.45) is 0 Å². The van der Waals surface area contributed by atoms with Crippen molar-refractivity contribution in [2.75, 3.05) is 0 Å². The first-order chi connectivity index (χ1) is 19.5. The Bertz CT molecular complexity index is 524. The molecule has 41 heavy (non-hydrogen) atoms. The second kappa shape index (κ2) is 41.5. The number of hydrogen-bond acceptors (Lipinski definition) is 4. The molecule has 0 aliphatic heterocycles. The fraction of sp³-hybridized carbons (Fsp3) is 0.833. The Balaban J connectivity index is -0.000000688. The van der Waals surface area contributed by atoms with Crippen LogP contribution in [0.5, 0.6) is 0 Å². The van der Waals surface area contributed by atoms with Gasteiger partial charge in [-0.15, -0.1) is 0 Å². The van der Waals surface area contributed by atoms with Crippen molar-refractivity contribution in [3.8, 4) is 0 Å². The number of rotatable bonds is 30. The molecule has 0 atom stereocenters. The SMILES string of the molecule is CCCCCCCCC=CCCCCCCCC(=O)[O-].CCCCCCCCC=CCCCCCCCC(=O)[O-].[Hg+2]. The average Bonchev–Trinajstić information content (AvgIpc) is 2.93. The molecule has 0 fully saturated rings. The van der Waals surface area contributed by atoms with Crippen LogP contribution < -0.4 is 10.2 Å². The Morgan fingerprint density at radius 2 is 0.610 bits per heavy atom. The first kappa shape index (κ1) is 44.8. The Hall–Kier alpha value is -0.645. The molecule has 0 bridgehead atoms. The molecule has 0 saturated heterocycles. The molecule has 0 rings (SSSR count). The van der Waals surface area contributed by atoms with Crippen LogP contribution >= 0.6 is 0 Å². The third kappa shape index (κ3) is 49.4. The zero-order chi connectivity index (χ0) is 29.8. The van der Waals surface area contributed by atoms with Crippen molar-refractivity contribution in [1.82, 2.24) is 0 Å². The summed E-state index contributed by atoms with van der Waals surface area (Å²) in [5.74, 6) is -1.83. The molecule has 0 aromatic heterocycles. The Kier molecular flexibility index (Phi) is 45.3. The number of aliphatic carboxylic acids is 2. The van der Waals surface area contributed by atoms with Crippen LogP contribution in [0.1, 0.15) is 194 Å². The van der Waals surface area contributed by atoms with Crippen molar-refractivity contribution in [3.63, 3.8) is 0 Å². The third-order valence-electron chi connectivity index (χ3n) is 7.29. The summed E-state index contributed by atoms with van der Waals surface area (Å²) in [6.45, 7) is 4.51. The van der Waals surface area contributed by atoms with Crippen molar-refractivity contribution >= 4 is 11.9 Å². The van der Waals surface area contributed by atoms with Crippen molar-refractivity contribution < 1.29 is 47.5 Å². The quantitative estimate of drug-likeness (QED) is 0.0415. The zero-order valence-corrected chi connectivity index (χ0v) is 32.9. The maximum Gasteiger partial charge on any atom is 2.00 e. The number of carbonyl (C=O) groups is 2. The smallest absolute Gasteiger partial charge is 0.550 e. The number of allylic oxidation sites excluding steroid dienone is 4. The summed E-state index contributed by atoms with van der Waals surface area (Å²) in [6.07, 6.45) is 41.8. The number of unbranched alkanes of at least 4 members (excludes halogenated alkanes) is 22. The van der Waals surface area contributed by atoms with Crippen LogP contribution in [0.3, 0.4) is 0 Å². The van der Waals surface area contributed by atoms with E-state index in [0.717, 1.165) is 38.5 Å². The van der Waals surface area contributed by atoms with Crippen LogP contribution in [0.25, 0.3) is 0 Å². The predicted molar refractivity (Wildman–Crippen MR) is 169 cm³/mol. The second-order valence-electron chi connectivity index (χ2n) is 11.4. The molecular weight excluding hydrogens is 697 g/mol. The maximum absolute atomic E-state index is 10.2. The maximum atomic E-state index is 10.2. The molecule has 0 spiro atoms. The Labute approximate surface area is 276 Å². The van der Waals surface area contributed by atoms with Gasteiger partial charge in [0.1, 0.15) is 0 Å². The number of carboxylic acids is 2. The number of hydrogen-bond donors (Lipinski definition) is 0. The summed E-state index contributed by atoms with van der Waals surface area (Å²) in [5.41, 5.74) is 0. The predicted octanol–water partition coefficient (Wildman–Crippen LogP) is 9.55. The molecule has 0 unspecified atom stereocenters. The summed E-state index contributed by atoms with van der Waals surface area (Å²) < 4.78 is 0. The van der Waals surface area contributed by atoms with E-state index in [-0.39, 0.29) is 40.5 Å². The molecule has 0 aliphatic rings. The average molecular weight is 764 g/mol. The molecule has 236 valence electrons. The van der Waals surface area contributed by atoms with E-state index in [1.165, 1.54) is 128 Å². The van der Waals surface area contributed by atoms with Gasteiger partial charge < -0.3 is 19.8 Å². The number of carbonyl (C=O) groups excluding carboxylic acids is 2. The van der Waals surface area contributed by atoms with Gasteiger partial charge in [-0.1, -0.05) is 141 Å². The van der Waals surface area contributed by atoms with Crippen molar-refractivity contribution in [2.45, 2.75) is 194 Å². The van der Waals surface area contributed by atoms with E-state index in [1.54, 1.807) is 0 Å². The zero-order valence-electron chi connectivity index (χ0n) is 27.4. The molecule has 4 nitrogen and oxygen atoms in total.